The van der Waals surface area contributed by atoms with Crippen molar-refractivity contribution < 1.29 is 19.1 Å². The summed E-state index contributed by atoms with van der Waals surface area (Å²) in [5.74, 6) is -2.06. The Hall–Kier alpha value is -2.70. The largest absolute Gasteiger partial charge is 0.481 e. The van der Waals surface area contributed by atoms with E-state index in [-0.39, 0.29) is 17.8 Å². The number of amides is 1. The van der Waals surface area contributed by atoms with Crippen LogP contribution in [0, 0.1) is 18.7 Å². The molecule has 4 rings (SSSR count). The molecule has 0 radical (unpaired) electrons. The number of carboxylic acids is 1. The SMILES string of the molecule is Cc1ccc(-n2nc(C(=O)N3CCC(C(=O)O)C3C)c3c2CCC3)c(F)c1. The number of fused-ring (bicyclic) bond motifs is 1. The third kappa shape index (κ3) is 2.81. The monoisotopic (exact) mass is 371 g/mol. The molecule has 6 nitrogen and oxygen atoms in total. The minimum atomic E-state index is -0.879. The number of carbonyl (C=O) groups excluding carboxylic acids is 1. The lowest BCUT2D eigenvalue weighted by Crippen LogP contribution is -2.38. The van der Waals surface area contributed by atoms with Crippen molar-refractivity contribution in [2.24, 2.45) is 5.92 Å². The molecule has 1 amide bonds. The summed E-state index contributed by atoms with van der Waals surface area (Å²) in [6, 6.07) is 4.58. The van der Waals surface area contributed by atoms with Crippen molar-refractivity contribution in [3.05, 3.63) is 46.5 Å². The molecule has 0 saturated carbocycles. The fourth-order valence-corrected chi connectivity index (χ4v) is 4.28. The first-order valence-electron chi connectivity index (χ1n) is 9.29. The third-order valence-corrected chi connectivity index (χ3v) is 5.80. The number of nitrogens with zero attached hydrogens (tertiary/aromatic N) is 3. The minimum absolute atomic E-state index is 0.254. The number of carbonyl (C=O) groups is 2. The smallest absolute Gasteiger partial charge is 0.308 e. The van der Waals surface area contributed by atoms with Crippen LogP contribution in [0.4, 0.5) is 4.39 Å². The molecule has 2 heterocycles. The van der Waals surface area contributed by atoms with Gasteiger partial charge in [0.05, 0.1) is 5.92 Å². The Labute approximate surface area is 156 Å². The van der Waals surface area contributed by atoms with E-state index in [2.05, 4.69) is 5.10 Å². The molecule has 2 aliphatic rings. The minimum Gasteiger partial charge on any atom is -0.481 e. The van der Waals surface area contributed by atoms with Gasteiger partial charge in [-0.15, -0.1) is 0 Å². The third-order valence-electron chi connectivity index (χ3n) is 5.80. The number of carboxylic acid groups (broad SMARTS) is 1. The van der Waals surface area contributed by atoms with Crippen LogP contribution in [0.25, 0.3) is 5.69 Å². The van der Waals surface area contributed by atoms with Gasteiger partial charge in [0.2, 0.25) is 0 Å². The first-order chi connectivity index (χ1) is 12.9. The number of benzene rings is 1. The molecular weight excluding hydrogens is 349 g/mol. The summed E-state index contributed by atoms with van der Waals surface area (Å²) < 4.78 is 16.1. The maximum Gasteiger partial charge on any atom is 0.308 e. The molecule has 7 heteroatoms. The molecule has 142 valence electrons. The average molecular weight is 371 g/mol. The van der Waals surface area contributed by atoms with Gasteiger partial charge in [-0.05, 0) is 57.2 Å². The van der Waals surface area contributed by atoms with Gasteiger partial charge in [0.1, 0.15) is 11.5 Å². The summed E-state index contributed by atoms with van der Waals surface area (Å²) >= 11 is 0. The van der Waals surface area contributed by atoms with Gasteiger partial charge in [0.15, 0.2) is 5.69 Å². The van der Waals surface area contributed by atoms with Gasteiger partial charge >= 0.3 is 5.97 Å². The van der Waals surface area contributed by atoms with E-state index in [0.29, 0.717) is 24.3 Å². The highest BCUT2D eigenvalue weighted by Crippen LogP contribution is 2.32. The predicted octanol–water partition coefficient (Wildman–Crippen LogP) is 2.74. The van der Waals surface area contributed by atoms with E-state index in [9.17, 15) is 19.1 Å². The highest BCUT2D eigenvalue weighted by atomic mass is 19.1. The molecule has 1 aliphatic heterocycles. The summed E-state index contributed by atoms with van der Waals surface area (Å²) in [5, 5.41) is 13.8. The molecule has 1 saturated heterocycles. The predicted molar refractivity (Wildman–Crippen MR) is 96.5 cm³/mol. The fraction of sp³-hybridized carbons (Fsp3) is 0.450. The second-order valence-electron chi connectivity index (χ2n) is 7.47. The molecule has 27 heavy (non-hydrogen) atoms. The Bertz CT molecular complexity index is 937. The number of likely N-dealkylation sites (tertiary alicyclic amines) is 1. The van der Waals surface area contributed by atoms with Crippen molar-refractivity contribution in [3.8, 4) is 5.69 Å². The molecule has 1 aromatic heterocycles. The molecule has 2 aromatic rings. The molecule has 0 spiro atoms. The quantitative estimate of drug-likeness (QED) is 0.900. The number of halogens is 1. The van der Waals surface area contributed by atoms with Gasteiger partial charge in [0, 0.05) is 23.8 Å². The van der Waals surface area contributed by atoms with E-state index < -0.39 is 11.9 Å². The van der Waals surface area contributed by atoms with Crippen LogP contribution in [0.15, 0.2) is 18.2 Å². The van der Waals surface area contributed by atoms with Gasteiger partial charge in [0.25, 0.3) is 5.91 Å². The zero-order valence-corrected chi connectivity index (χ0v) is 15.4. The summed E-state index contributed by atoms with van der Waals surface area (Å²) in [7, 11) is 0. The number of rotatable bonds is 3. The van der Waals surface area contributed by atoms with Gasteiger partial charge < -0.3 is 10.0 Å². The molecule has 1 N–H and O–H groups in total. The van der Waals surface area contributed by atoms with Crippen molar-refractivity contribution in [2.45, 2.75) is 45.6 Å². The number of hydrogen-bond donors (Lipinski definition) is 1. The number of aryl methyl sites for hydroxylation is 1. The van der Waals surface area contributed by atoms with Crippen LogP contribution in [0.3, 0.4) is 0 Å². The maximum absolute atomic E-state index is 14.5. The Morgan fingerprint density at radius 2 is 2.07 bits per heavy atom. The topological polar surface area (TPSA) is 75.4 Å². The van der Waals surface area contributed by atoms with E-state index in [0.717, 1.165) is 36.1 Å². The lowest BCUT2D eigenvalue weighted by atomic mass is 10.0. The molecule has 0 bridgehead atoms. The van der Waals surface area contributed by atoms with E-state index in [1.54, 1.807) is 22.6 Å². The van der Waals surface area contributed by atoms with Crippen molar-refractivity contribution in [3.63, 3.8) is 0 Å². The van der Waals surface area contributed by atoms with E-state index >= 15 is 0 Å². The molecule has 1 aliphatic carbocycles. The van der Waals surface area contributed by atoms with Gasteiger partial charge in [-0.25, -0.2) is 9.07 Å². The summed E-state index contributed by atoms with van der Waals surface area (Å²) in [6.07, 6.45) is 2.82. The van der Waals surface area contributed by atoms with Gasteiger partial charge in [-0.3, -0.25) is 9.59 Å². The normalized spacial score (nSPS) is 21.5. The van der Waals surface area contributed by atoms with E-state index in [1.165, 1.54) is 6.07 Å². The number of hydrogen-bond acceptors (Lipinski definition) is 3. The lowest BCUT2D eigenvalue weighted by Gasteiger charge is -2.22. The van der Waals surface area contributed by atoms with Crippen LogP contribution >= 0.6 is 0 Å². The zero-order valence-electron chi connectivity index (χ0n) is 15.4. The Balaban J connectivity index is 1.73. The molecule has 2 atom stereocenters. The standard InChI is InChI=1S/C20H22FN3O3/c1-11-6-7-17(15(21)10-11)24-16-5-3-4-14(16)18(22-24)19(25)23-9-8-13(12(23)2)20(26)27/h6-7,10,12-13H,3-5,8-9H2,1-2H3,(H,26,27). The molecular formula is C20H22FN3O3. The van der Waals surface area contributed by atoms with Crippen LogP contribution < -0.4 is 0 Å². The number of aliphatic carboxylic acids is 1. The van der Waals surface area contributed by atoms with Crippen molar-refractivity contribution in [1.29, 1.82) is 0 Å². The highest BCUT2D eigenvalue weighted by molar-refractivity contribution is 5.95. The van der Waals surface area contributed by atoms with Crippen LogP contribution in [0.5, 0.6) is 0 Å². The van der Waals surface area contributed by atoms with Crippen LogP contribution in [0.1, 0.15) is 47.1 Å². The van der Waals surface area contributed by atoms with E-state index in [1.807, 2.05) is 13.0 Å². The Morgan fingerprint density at radius 1 is 1.30 bits per heavy atom. The molecule has 2 unspecified atom stereocenters. The highest BCUT2D eigenvalue weighted by Gasteiger charge is 2.40. The van der Waals surface area contributed by atoms with Crippen LogP contribution in [-0.2, 0) is 17.6 Å². The first-order valence-corrected chi connectivity index (χ1v) is 9.29. The van der Waals surface area contributed by atoms with E-state index in [4.69, 9.17) is 0 Å². The summed E-state index contributed by atoms with van der Waals surface area (Å²) in [5.41, 5.74) is 3.24. The van der Waals surface area contributed by atoms with Crippen LogP contribution in [0.2, 0.25) is 0 Å². The molecule has 1 fully saturated rings. The second-order valence-corrected chi connectivity index (χ2v) is 7.47. The first kappa shape index (κ1) is 17.7. The summed E-state index contributed by atoms with van der Waals surface area (Å²) in [4.78, 5) is 26.1. The lowest BCUT2D eigenvalue weighted by molar-refractivity contribution is -0.142. The summed E-state index contributed by atoms with van der Waals surface area (Å²) in [6.45, 7) is 3.99. The Morgan fingerprint density at radius 3 is 2.74 bits per heavy atom. The van der Waals surface area contributed by atoms with Crippen molar-refractivity contribution >= 4 is 11.9 Å². The molecule has 1 aromatic carbocycles. The van der Waals surface area contributed by atoms with Gasteiger partial charge in [-0.1, -0.05) is 6.07 Å². The maximum atomic E-state index is 14.5. The fourth-order valence-electron chi connectivity index (χ4n) is 4.28. The van der Waals surface area contributed by atoms with Crippen LogP contribution in [-0.4, -0.2) is 44.3 Å². The number of aromatic nitrogens is 2. The van der Waals surface area contributed by atoms with Gasteiger partial charge in [-0.2, -0.15) is 5.10 Å². The second kappa shape index (κ2) is 6.48. The average Bonchev–Trinajstić information content (AvgIpc) is 3.29. The van der Waals surface area contributed by atoms with Crippen molar-refractivity contribution in [2.75, 3.05) is 6.54 Å². The zero-order chi connectivity index (χ0) is 19.3. The Kier molecular flexibility index (Phi) is 4.25. The van der Waals surface area contributed by atoms with Crippen molar-refractivity contribution in [1.82, 2.24) is 14.7 Å².